The highest BCUT2D eigenvalue weighted by molar-refractivity contribution is 6.31. The molecule has 0 spiro atoms. The summed E-state index contributed by atoms with van der Waals surface area (Å²) in [5, 5.41) is 5.07. The summed E-state index contributed by atoms with van der Waals surface area (Å²) in [6, 6.07) is 26.6. The molecule has 3 aromatic heterocycles. The van der Waals surface area contributed by atoms with Gasteiger partial charge in [0.1, 0.15) is 11.4 Å². The van der Waals surface area contributed by atoms with Crippen molar-refractivity contribution in [2.24, 2.45) is 5.92 Å². The molecule has 254 valence electrons. The number of carbonyl (C=O) groups is 2. The molecule has 11 heteroatoms. The SMILES string of the molecule is CC(=O)N1CCCC(COc2ncccc2NC(=O)c2[nH]c3cc(Cl)ccc3c2-c2c(-c3ccccc3)ncn2[C@@H](C)c2ccc(Cl)cc2)C1. The Bertz CT molecular complexity index is 2160. The van der Waals surface area contributed by atoms with Crippen LogP contribution in [0.4, 0.5) is 5.69 Å². The van der Waals surface area contributed by atoms with Crippen LogP contribution in [0, 0.1) is 5.92 Å². The second-order valence-corrected chi connectivity index (χ2v) is 13.5. The number of nitrogens with zero attached hydrogens (tertiary/aromatic N) is 4. The monoisotopic (exact) mass is 706 g/mol. The Morgan fingerprint density at radius 3 is 2.56 bits per heavy atom. The lowest BCUT2D eigenvalue weighted by atomic mass is 9.99. The molecular weight excluding hydrogens is 671 g/mol. The number of hydrogen-bond donors (Lipinski definition) is 2. The van der Waals surface area contributed by atoms with Crippen molar-refractivity contribution in [3.8, 4) is 28.4 Å². The van der Waals surface area contributed by atoms with Gasteiger partial charge in [-0.05, 0) is 61.7 Å². The van der Waals surface area contributed by atoms with E-state index in [2.05, 4.69) is 26.8 Å². The van der Waals surface area contributed by atoms with E-state index in [0.717, 1.165) is 47.3 Å². The average Bonchev–Trinajstić information content (AvgIpc) is 3.73. The van der Waals surface area contributed by atoms with Gasteiger partial charge in [-0.25, -0.2) is 9.97 Å². The molecule has 2 amide bonds. The first-order chi connectivity index (χ1) is 24.3. The Balaban J connectivity index is 1.29. The number of H-pyrrole nitrogens is 1. The van der Waals surface area contributed by atoms with E-state index in [4.69, 9.17) is 32.9 Å². The highest BCUT2D eigenvalue weighted by Gasteiger charge is 2.29. The number of imidazole rings is 1. The van der Waals surface area contributed by atoms with Crippen LogP contribution in [-0.2, 0) is 4.79 Å². The zero-order valence-corrected chi connectivity index (χ0v) is 29.2. The van der Waals surface area contributed by atoms with Crippen molar-refractivity contribution in [3.63, 3.8) is 0 Å². The third-order valence-electron chi connectivity index (χ3n) is 9.27. The molecule has 2 atom stereocenters. The Labute approximate surface area is 300 Å². The molecule has 1 aliphatic rings. The van der Waals surface area contributed by atoms with E-state index in [1.807, 2.05) is 84.0 Å². The third kappa shape index (κ3) is 6.84. The number of aromatic nitrogens is 4. The maximum absolute atomic E-state index is 14.5. The molecule has 0 aliphatic carbocycles. The van der Waals surface area contributed by atoms with E-state index in [0.29, 0.717) is 51.5 Å². The summed E-state index contributed by atoms with van der Waals surface area (Å²) < 4.78 is 8.28. The molecule has 50 heavy (non-hydrogen) atoms. The van der Waals surface area contributed by atoms with Gasteiger partial charge in [0, 0.05) is 64.2 Å². The molecule has 0 saturated carbocycles. The van der Waals surface area contributed by atoms with Crippen LogP contribution in [0.25, 0.3) is 33.4 Å². The number of ether oxygens (including phenoxy) is 1. The number of piperidine rings is 1. The number of hydrogen-bond acceptors (Lipinski definition) is 5. The topological polar surface area (TPSA) is 105 Å². The van der Waals surface area contributed by atoms with E-state index in [9.17, 15) is 9.59 Å². The van der Waals surface area contributed by atoms with Gasteiger partial charge in [0.15, 0.2) is 0 Å². The molecule has 0 bridgehead atoms. The number of rotatable bonds is 9. The van der Waals surface area contributed by atoms with E-state index < -0.39 is 0 Å². The predicted molar refractivity (Wildman–Crippen MR) is 198 cm³/mol. The number of fused-ring (bicyclic) bond motifs is 1. The molecular formula is C39H36Cl2N6O3. The zero-order chi connectivity index (χ0) is 34.8. The van der Waals surface area contributed by atoms with Crippen LogP contribution in [-0.4, -0.2) is 55.9 Å². The second kappa shape index (κ2) is 14.4. The van der Waals surface area contributed by atoms with E-state index in [1.54, 1.807) is 25.3 Å². The lowest BCUT2D eigenvalue weighted by Crippen LogP contribution is -2.40. The minimum atomic E-state index is -0.378. The van der Waals surface area contributed by atoms with Gasteiger partial charge in [-0.1, -0.05) is 71.7 Å². The number of nitrogens with one attached hydrogen (secondary N) is 2. The molecule has 1 saturated heterocycles. The quantitative estimate of drug-likeness (QED) is 0.156. The standard InChI is InChI=1S/C39H36Cl2N6O3/c1-24(27-12-14-29(40)15-13-27)47-23-43-35(28-9-4-3-5-10-28)37(47)34-31-17-16-30(41)20-33(31)44-36(34)38(49)45-32-11-6-18-42-39(32)50-22-26-8-7-19-46(21-26)25(2)48/h3-6,9-18,20,23-24,26,44H,7-8,19,21-22H2,1-2H3,(H,45,49)/t24-,26?/m0/s1. The molecule has 2 N–H and O–H groups in total. The molecule has 1 aliphatic heterocycles. The number of halogens is 2. The smallest absolute Gasteiger partial charge is 0.272 e. The first kappa shape index (κ1) is 33.4. The Morgan fingerprint density at radius 2 is 1.78 bits per heavy atom. The van der Waals surface area contributed by atoms with Crippen molar-refractivity contribution in [2.75, 3.05) is 25.0 Å². The van der Waals surface area contributed by atoms with Gasteiger partial charge in [-0.15, -0.1) is 0 Å². The summed E-state index contributed by atoms with van der Waals surface area (Å²) >= 11 is 12.7. The summed E-state index contributed by atoms with van der Waals surface area (Å²) in [7, 11) is 0. The molecule has 1 fully saturated rings. The summed E-state index contributed by atoms with van der Waals surface area (Å²) in [5.41, 5.74) is 5.61. The van der Waals surface area contributed by atoms with Gasteiger partial charge in [0.05, 0.1) is 30.4 Å². The number of aromatic amines is 1. The van der Waals surface area contributed by atoms with Gasteiger partial charge in [0.2, 0.25) is 11.8 Å². The molecule has 1 unspecified atom stereocenters. The van der Waals surface area contributed by atoms with Gasteiger partial charge < -0.3 is 24.5 Å². The maximum atomic E-state index is 14.5. The number of anilines is 1. The van der Waals surface area contributed by atoms with Gasteiger partial charge in [0.25, 0.3) is 5.91 Å². The number of amides is 2. The first-order valence-electron chi connectivity index (χ1n) is 16.6. The summed E-state index contributed by atoms with van der Waals surface area (Å²) in [5.74, 6) is 0.169. The Hall–Kier alpha value is -5.12. The van der Waals surface area contributed by atoms with Gasteiger partial charge in [-0.3, -0.25) is 9.59 Å². The predicted octanol–water partition coefficient (Wildman–Crippen LogP) is 8.90. The lowest BCUT2D eigenvalue weighted by molar-refractivity contribution is -0.130. The van der Waals surface area contributed by atoms with Crippen LogP contribution in [0.2, 0.25) is 10.0 Å². The van der Waals surface area contributed by atoms with Crippen LogP contribution >= 0.6 is 23.2 Å². The fraction of sp³-hybridized carbons (Fsp3) is 0.231. The summed E-state index contributed by atoms with van der Waals surface area (Å²) in [6.07, 6.45) is 5.32. The molecule has 6 aromatic rings. The number of pyridine rings is 1. The maximum Gasteiger partial charge on any atom is 0.272 e. The fourth-order valence-electron chi connectivity index (χ4n) is 6.67. The molecule has 9 nitrogen and oxygen atoms in total. The number of likely N-dealkylation sites (tertiary alicyclic amines) is 1. The van der Waals surface area contributed by atoms with E-state index >= 15 is 0 Å². The largest absolute Gasteiger partial charge is 0.476 e. The highest BCUT2D eigenvalue weighted by Crippen LogP contribution is 2.41. The third-order valence-corrected chi connectivity index (χ3v) is 9.76. The van der Waals surface area contributed by atoms with Crippen molar-refractivity contribution >= 4 is 51.6 Å². The lowest BCUT2D eigenvalue weighted by Gasteiger charge is -2.31. The van der Waals surface area contributed by atoms with Crippen molar-refractivity contribution in [3.05, 3.63) is 119 Å². The van der Waals surface area contributed by atoms with Crippen molar-refractivity contribution < 1.29 is 14.3 Å². The summed E-state index contributed by atoms with van der Waals surface area (Å²) in [4.78, 5) is 41.0. The fourth-order valence-corrected chi connectivity index (χ4v) is 6.97. The van der Waals surface area contributed by atoms with Crippen molar-refractivity contribution in [2.45, 2.75) is 32.7 Å². The van der Waals surface area contributed by atoms with Crippen LogP contribution < -0.4 is 10.1 Å². The average molecular weight is 708 g/mol. The van der Waals surface area contributed by atoms with Gasteiger partial charge >= 0.3 is 0 Å². The molecule has 4 heterocycles. The first-order valence-corrected chi connectivity index (χ1v) is 17.4. The van der Waals surface area contributed by atoms with Crippen LogP contribution in [0.1, 0.15) is 48.8 Å². The van der Waals surface area contributed by atoms with Crippen LogP contribution in [0.3, 0.4) is 0 Å². The molecule has 3 aromatic carbocycles. The summed E-state index contributed by atoms with van der Waals surface area (Å²) in [6.45, 7) is 5.46. The van der Waals surface area contributed by atoms with Gasteiger partial charge in [-0.2, -0.15) is 0 Å². The minimum Gasteiger partial charge on any atom is -0.476 e. The normalized spacial score (nSPS) is 15.2. The van der Waals surface area contributed by atoms with E-state index in [1.165, 1.54) is 0 Å². The number of carbonyl (C=O) groups excluding carboxylic acids is 2. The van der Waals surface area contributed by atoms with Crippen molar-refractivity contribution in [1.82, 2.24) is 24.4 Å². The Morgan fingerprint density at radius 1 is 1.00 bits per heavy atom. The van der Waals surface area contributed by atoms with Crippen LogP contribution in [0.5, 0.6) is 5.88 Å². The Kier molecular flexibility index (Phi) is 9.61. The second-order valence-electron chi connectivity index (χ2n) is 12.6. The molecule has 0 radical (unpaired) electrons. The van der Waals surface area contributed by atoms with E-state index in [-0.39, 0.29) is 23.8 Å². The minimum absolute atomic E-state index is 0.0650. The van der Waals surface area contributed by atoms with Crippen LogP contribution in [0.15, 0.2) is 97.5 Å². The zero-order valence-electron chi connectivity index (χ0n) is 27.7. The molecule has 7 rings (SSSR count). The highest BCUT2D eigenvalue weighted by atomic mass is 35.5. The number of benzene rings is 3. The van der Waals surface area contributed by atoms with Crippen molar-refractivity contribution in [1.29, 1.82) is 0 Å².